The van der Waals surface area contributed by atoms with E-state index >= 15 is 0 Å². The predicted molar refractivity (Wildman–Crippen MR) is 78.8 cm³/mol. The molecule has 0 radical (unpaired) electrons. The van der Waals surface area contributed by atoms with E-state index in [4.69, 9.17) is 16.3 Å². The van der Waals surface area contributed by atoms with Crippen LogP contribution in [0.3, 0.4) is 0 Å². The van der Waals surface area contributed by atoms with E-state index in [1.165, 1.54) is 19.2 Å². The van der Waals surface area contributed by atoms with Crippen LogP contribution in [0.25, 0.3) is 0 Å². The van der Waals surface area contributed by atoms with Crippen LogP contribution < -0.4 is 14.8 Å². The molecule has 1 atom stereocenters. The highest BCUT2D eigenvalue weighted by atomic mass is 35.5. The zero-order valence-electron chi connectivity index (χ0n) is 11.4. The molecular weight excluding hydrogens is 300 g/mol. The Bertz CT molecular complexity index is 557. The highest BCUT2D eigenvalue weighted by molar-refractivity contribution is 7.89. The maximum absolute atomic E-state index is 12.2. The van der Waals surface area contributed by atoms with Crippen molar-refractivity contribution in [2.24, 2.45) is 0 Å². The third-order valence-electron chi connectivity index (χ3n) is 3.37. The molecule has 0 amide bonds. The maximum Gasteiger partial charge on any atom is 0.240 e. The van der Waals surface area contributed by atoms with Crippen LogP contribution in [0.5, 0.6) is 5.75 Å². The summed E-state index contributed by atoms with van der Waals surface area (Å²) in [5, 5.41) is 3.58. The molecular formula is C13H19ClN2O3S. The number of nitrogens with one attached hydrogen (secondary N) is 2. The molecule has 2 N–H and O–H groups in total. The fourth-order valence-electron chi connectivity index (χ4n) is 2.21. The van der Waals surface area contributed by atoms with E-state index in [1.54, 1.807) is 6.07 Å². The summed E-state index contributed by atoms with van der Waals surface area (Å²) < 4.78 is 32.0. The highest BCUT2D eigenvalue weighted by Gasteiger charge is 2.19. The molecule has 7 heteroatoms. The minimum Gasteiger partial charge on any atom is -0.495 e. The molecule has 0 bridgehead atoms. The molecule has 0 unspecified atom stereocenters. The minimum atomic E-state index is -3.54. The Hall–Kier alpha value is -0.820. The zero-order valence-corrected chi connectivity index (χ0v) is 12.9. The van der Waals surface area contributed by atoms with Gasteiger partial charge in [0, 0.05) is 12.6 Å². The second-order valence-electron chi connectivity index (χ2n) is 4.80. The van der Waals surface area contributed by atoms with E-state index in [9.17, 15) is 8.42 Å². The maximum atomic E-state index is 12.2. The number of sulfonamides is 1. The lowest BCUT2D eigenvalue weighted by Gasteiger charge is -2.23. The van der Waals surface area contributed by atoms with Crippen LogP contribution in [0.4, 0.5) is 0 Å². The van der Waals surface area contributed by atoms with Gasteiger partial charge in [-0.1, -0.05) is 18.0 Å². The van der Waals surface area contributed by atoms with Crippen LogP contribution in [0.15, 0.2) is 23.1 Å². The third kappa shape index (κ3) is 3.85. The van der Waals surface area contributed by atoms with Gasteiger partial charge in [-0.05, 0) is 37.6 Å². The van der Waals surface area contributed by atoms with Crippen molar-refractivity contribution in [1.29, 1.82) is 0 Å². The first-order chi connectivity index (χ1) is 9.53. The molecule has 0 aliphatic carbocycles. The van der Waals surface area contributed by atoms with E-state index in [0.29, 0.717) is 12.3 Å². The summed E-state index contributed by atoms with van der Waals surface area (Å²) in [5.74, 6) is 0.458. The lowest BCUT2D eigenvalue weighted by Crippen LogP contribution is -2.43. The number of hydrogen-bond acceptors (Lipinski definition) is 4. The van der Waals surface area contributed by atoms with E-state index in [-0.39, 0.29) is 16.0 Å². The monoisotopic (exact) mass is 318 g/mol. The quantitative estimate of drug-likeness (QED) is 0.868. The Morgan fingerprint density at radius 3 is 2.85 bits per heavy atom. The van der Waals surface area contributed by atoms with Gasteiger partial charge in [-0.15, -0.1) is 0 Å². The molecule has 1 aliphatic heterocycles. The van der Waals surface area contributed by atoms with Crippen molar-refractivity contribution in [3.05, 3.63) is 23.2 Å². The first-order valence-electron chi connectivity index (χ1n) is 6.59. The molecule has 0 spiro atoms. The molecule has 1 aromatic rings. The van der Waals surface area contributed by atoms with Crippen LogP contribution >= 0.6 is 11.6 Å². The zero-order chi connectivity index (χ0) is 14.6. The number of ether oxygens (including phenoxy) is 1. The molecule has 112 valence electrons. The molecule has 1 aliphatic rings. The molecule has 0 saturated carbocycles. The Kier molecular flexibility index (Phi) is 5.26. The smallest absolute Gasteiger partial charge is 0.240 e. The lowest BCUT2D eigenvalue weighted by molar-refractivity contribution is 0.398. The van der Waals surface area contributed by atoms with Gasteiger partial charge in [0.2, 0.25) is 10.0 Å². The second kappa shape index (κ2) is 6.76. The van der Waals surface area contributed by atoms with Crippen LogP contribution in [-0.4, -0.2) is 34.7 Å². The van der Waals surface area contributed by atoms with Crippen molar-refractivity contribution < 1.29 is 13.2 Å². The molecule has 20 heavy (non-hydrogen) atoms. The molecule has 1 fully saturated rings. The van der Waals surface area contributed by atoms with Crippen molar-refractivity contribution >= 4 is 21.6 Å². The van der Waals surface area contributed by atoms with E-state index in [2.05, 4.69) is 10.0 Å². The van der Waals surface area contributed by atoms with Crippen molar-refractivity contribution in [3.63, 3.8) is 0 Å². The van der Waals surface area contributed by atoms with Gasteiger partial charge >= 0.3 is 0 Å². The summed E-state index contributed by atoms with van der Waals surface area (Å²) in [4.78, 5) is 0.152. The number of halogens is 1. The van der Waals surface area contributed by atoms with Gasteiger partial charge in [0.25, 0.3) is 0 Å². The Morgan fingerprint density at radius 1 is 1.45 bits per heavy atom. The highest BCUT2D eigenvalue weighted by Crippen LogP contribution is 2.26. The van der Waals surface area contributed by atoms with Crippen LogP contribution in [0.2, 0.25) is 5.02 Å². The number of piperidine rings is 1. The number of methoxy groups -OCH3 is 1. The number of rotatable bonds is 5. The topological polar surface area (TPSA) is 67.4 Å². The molecule has 0 aromatic heterocycles. The fraction of sp³-hybridized carbons (Fsp3) is 0.538. The average Bonchev–Trinajstić information content (AvgIpc) is 2.46. The largest absolute Gasteiger partial charge is 0.495 e. The Labute approximate surface area is 124 Å². The third-order valence-corrected chi connectivity index (χ3v) is 5.08. The summed E-state index contributed by atoms with van der Waals surface area (Å²) in [5.41, 5.74) is 0. The van der Waals surface area contributed by atoms with Gasteiger partial charge < -0.3 is 10.1 Å². The molecule has 1 heterocycles. The Morgan fingerprint density at radius 2 is 2.25 bits per heavy atom. The fourth-order valence-corrected chi connectivity index (χ4v) is 3.64. The summed E-state index contributed by atoms with van der Waals surface area (Å²) in [7, 11) is -2.05. The van der Waals surface area contributed by atoms with Crippen molar-refractivity contribution in [2.75, 3.05) is 20.2 Å². The summed E-state index contributed by atoms with van der Waals surface area (Å²) in [6.45, 7) is 1.34. The first kappa shape index (κ1) is 15.6. The molecule has 2 rings (SSSR count). The van der Waals surface area contributed by atoms with Gasteiger partial charge in [0.1, 0.15) is 5.75 Å². The lowest BCUT2D eigenvalue weighted by atomic mass is 10.1. The van der Waals surface area contributed by atoms with Crippen LogP contribution in [0, 0.1) is 0 Å². The van der Waals surface area contributed by atoms with Crippen molar-refractivity contribution in [2.45, 2.75) is 30.2 Å². The Balaban J connectivity index is 2.04. The average molecular weight is 319 g/mol. The summed E-state index contributed by atoms with van der Waals surface area (Å²) in [6.07, 6.45) is 3.27. The first-order valence-corrected chi connectivity index (χ1v) is 8.45. The van der Waals surface area contributed by atoms with Gasteiger partial charge in [-0.25, -0.2) is 13.1 Å². The van der Waals surface area contributed by atoms with E-state index < -0.39 is 10.0 Å². The van der Waals surface area contributed by atoms with Gasteiger partial charge in [0.05, 0.1) is 17.0 Å². The minimum absolute atomic E-state index is 0.152. The predicted octanol–water partition coefficient (Wildman–Crippen LogP) is 1.77. The normalized spacial score (nSPS) is 19.8. The summed E-state index contributed by atoms with van der Waals surface area (Å²) in [6, 6.07) is 4.64. The van der Waals surface area contributed by atoms with Gasteiger partial charge in [0.15, 0.2) is 0 Å². The molecule has 1 aromatic carbocycles. The molecule has 1 saturated heterocycles. The second-order valence-corrected chi connectivity index (χ2v) is 6.97. The SMILES string of the molecule is COc1ccc(S(=O)(=O)NC[C@@H]2CCCCN2)cc1Cl. The van der Waals surface area contributed by atoms with E-state index in [0.717, 1.165) is 25.8 Å². The molecule has 5 nitrogen and oxygen atoms in total. The standard InChI is InChI=1S/C13H19ClN2O3S/c1-19-13-6-5-11(8-12(13)14)20(17,18)16-9-10-4-2-3-7-15-10/h5-6,8,10,15-16H,2-4,7,9H2,1H3/t10-/m0/s1. The number of benzene rings is 1. The number of hydrogen-bond donors (Lipinski definition) is 2. The van der Waals surface area contributed by atoms with Crippen LogP contribution in [-0.2, 0) is 10.0 Å². The van der Waals surface area contributed by atoms with Crippen molar-refractivity contribution in [3.8, 4) is 5.75 Å². The van der Waals surface area contributed by atoms with Gasteiger partial charge in [-0.3, -0.25) is 0 Å². The van der Waals surface area contributed by atoms with Crippen molar-refractivity contribution in [1.82, 2.24) is 10.0 Å². The summed E-state index contributed by atoms with van der Waals surface area (Å²) >= 11 is 5.95. The van der Waals surface area contributed by atoms with E-state index in [1.807, 2.05) is 0 Å². The van der Waals surface area contributed by atoms with Crippen LogP contribution in [0.1, 0.15) is 19.3 Å². The van der Waals surface area contributed by atoms with Gasteiger partial charge in [-0.2, -0.15) is 0 Å².